The highest BCUT2D eigenvalue weighted by Crippen LogP contribution is 2.34. The second kappa shape index (κ2) is 9.75. The molecule has 11 nitrogen and oxygen atoms in total. The number of halogens is 1. The van der Waals surface area contributed by atoms with Crippen LogP contribution in [0.2, 0.25) is 5.02 Å². The molecular formula is C20H18ClN5O6S. The highest BCUT2D eigenvalue weighted by atomic mass is 35.5. The zero-order valence-electron chi connectivity index (χ0n) is 17.2. The number of nitrogens with zero attached hydrogens (tertiary/aromatic N) is 5. The average Bonchev–Trinajstić information content (AvgIpc) is 3.24. The SMILES string of the molecule is O=C(c1cc([N+](=O)[O-])cc([N+](=O)[O-])c1)N(CCN1CCOCC1)c1nc2c(Cl)cccc2s1. The monoisotopic (exact) mass is 491 g/mol. The predicted molar refractivity (Wildman–Crippen MR) is 123 cm³/mol. The zero-order chi connectivity index (χ0) is 23.5. The van der Waals surface area contributed by atoms with E-state index >= 15 is 0 Å². The number of carbonyl (C=O) groups is 1. The number of hydrogen-bond donors (Lipinski definition) is 0. The van der Waals surface area contributed by atoms with Gasteiger partial charge in [-0.3, -0.25) is 34.8 Å². The largest absolute Gasteiger partial charge is 0.379 e. The molecule has 172 valence electrons. The van der Waals surface area contributed by atoms with Crippen molar-refractivity contribution in [3.05, 3.63) is 67.2 Å². The number of hydrogen-bond acceptors (Lipinski definition) is 9. The minimum Gasteiger partial charge on any atom is -0.379 e. The number of amides is 1. The van der Waals surface area contributed by atoms with Crippen LogP contribution in [0.4, 0.5) is 16.5 Å². The maximum absolute atomic E-state index is 13.5. The molecule has 0 saturated carbocycles. The Morgan fingerprint density at radius 1 is 1.15 bits per heavy atom. The molecule has 0 radical (unpaired) electrons. The summed E-state index contributed by atoms with van der Waals surface area (Å²) in [7, 11) is 0. The molecule has 1 aliphatic rings. The minimum atomic E-state index is -0.765. The number of para-hydroxylation sites is 1. The molecule has 2 aromatic carbocycles. The van der Waals surface area contributed by atoms with Gasteiger partial charge >= 0.3 is 0 Å². The summed E-state index contributed by atoms with van der Waals surface area (Å²) in [6, 6.07) is 8.19. The number of nitro groups is 2. The van der Waals surface area contributed by atoms with Gasteiger partial charge in [0, 0.05) is 38.3 Å². The number of aromatic nitrogens is 1. The molecule has 2 heterocycles. The lowest BCUT2D eigenvalue weighted by molar-refractivity contribution is -0.394. The lowest BCUT2D eigenvalue weighted by atomic mass is 10.1. The van der Waals surface area contributed by atoms with E-state index in [-0.39, 0.29) is 12.1 Å². The highest BCUT2D eigenvalue weighted by molar-refractivity contribution is 7.22. The number of thiazole rings is 1. The first-order chi connectivity index (χ1) is 15.8. The Kier molecular flexibility index (Phi) is 6.79. The van der Waals surface area contributed by atoms with Crippen molar-refractivity contribution in [3.8, 4) is 0 Å². The Labute approximate surface area is 196 Å². The summed E-state index contributed by atoms with van der Waals surface area (Å²) in [6.07, 6.45) is 0. The Balaban J connectivity index is 1.73. The molecule has 1 amide bonds. The van der Waals surface area contributed by atoms with Crippen molar-refractivity contribution < 1.29 is 19.4 Å². The molecule has 1 fully saturated rings. The Hall–Kier alpha value is -3.19. The molecule has 1 aliphatic heterocycles. The first-order valence-corrected chi connectivity index (χ1v) is 11.1. The van der Waals surface area contributed by atoms with Crippen LogP contribution >= 0.6 is 22.9 Å². The van der Waals surface area contributed by atoms with Gasteiger partial charge in [-0.05, 0) is 12.1 Å². The van der Waals surface area contributed by atoms with Crippen LogP contribution in [0.25, 0.3) is 10.2 Å². The number of non-ortho nitro benzene ring substituents is 2. The van der Waals surface area contributed by atoms with Gasteiger partial charge in [-0.1, -0.05) is 29.0 Å². The number of benzene rings is 2. The van der Waals surface area contributed by atoms with Crippen molar-refractivity contribution in [2.75, 3.05) is 44.3 Å². The number of ether oxygens (including phenoxy) is 1. The van der Waals surface area contributed by atoms with Gasteiger partial charge in [0.05, 0.1) is 44.4 Å². The quantitative estimate of drug-likeness (QED) is 0.360. The first-order valence-electron chi connectivity index (χ1n) is 9.94. The minimum absolute atomic E-state index is 0.164. The van der Waals surface area contributed by atoms with Gasteiger partial charge in [-0.15, -0.1) is 0 Å². The molecule has 0 N–H and O–H groups in total. The lowest BCUT2D eigenvalue weighted by Crippen LogP contribution is -2.43. The number of rotatable bonds is 7. The lowest BCUT2D eigenvalue weighted by Gasteiger charge is -2.29. The molecule has 0 atom stereocenters. The number of carbonyl (C=O) groups excluding carboxylic acids is 1. The van der Waals surface area contributed by atoms with Gasteiger partial charge in [0.1, 0.15) is 5.52 Å². The molecular weight excluding hydrogens is 474 g/mol. The molecule has 4 rings (SSSR count). The van der Waals surface area contributed by atoms with E-state index in [2.05, 4.69) is 9.88 Å². The summed E-state index contributed by atoms with van der Waals surface area (Å²) in [4.78, 5) is 42.6. The molecule has 1 aromatic heterocycles. The molecule has 0 aliphatic carbocycles. The predicted octanol–water partition coefficient (Wildman–Crippen LogP) is 3.75. The van der Waals surface area contributed by atoms with Crippen LogP contribution in [0, 0.1) is 20.2 Å². The van der Waals surface area contributed by atoms with Gasteiger partial charge in [-0.2, -0.15) is 0 Å². The second-order valence-electron chi connectivity index (χ2n) is 7.25. The van der Waals surface area contributed by atoms with E-state index in [1.54, 1.807) is 12.1 Å². The smallest absolute Gasteiger partial charge is 0.277 e. The Morgan fingerprint density at radius 3 is 2.42 bits per heavy atom. The van der Waals surface area contributed by atoms with Crippen LogP contribution in [0.3, 0.4) is 0 Å². The molecule has 3 aromatic rings. The van der Waals surface area contributed by atoms with E-state index < -0.39 is 27.1 Å². The zero-order valence-corrected chi connectivity index (χ0v) is 18.8. The topological polar surface area (TPSA) is 132 Å². The molecule has 0 spiro atoms. The summed E-state index contributed by atoms with van der Waals surface area (Å²) in [5, 5.41) is 23.4. The van der Waals surface area contributed by atoms with Crippen LogP contribution in [0.15, 0.2) is 36.4 Å². The number of anilines is 1. The molecule has 1 saturated heterocycles. The molecule has 13 heteroatoms. The summed E-state index contributed by atoms with van der Waals surface area (Å²) >= 11 is 7.50. The van der Waals surface area contributed by atoms with Crippen molar-refractivity contribution in [1.29, 1.82) is 0 Å². The van der Waals surface area contributed by atoms with Gasteiger partial charge in [-0.25, -0.2) is 4.98 Å². The van der Waals surface area contributed by atoms with Crippen molar-refractivity contribution >= 4 is 55.6 Å². The Bertz CT molecular complexity index is 1200. The second-order valence-corrected chi connectivity index (χ2v) is 8.66. The highest BCUT2D eigenvalue weighted by Gasteiger charge is 2.27. The number of nitro benzene ring substituents is 2. The third kappa shape index (κ3) is 5.09. The summed E-state index contributed by atoms with van der Waals surface area (Å²) in [5.41, 5.74) is -0.697. The number of morpholine rings is 1. The fraction of sp³-hybridized carbons (Fsp3) is 0.300. The maximum Gasteiger partial charge on any atom is 0.277 e. The summed E-state index contributed by atoms with van der Waals surface area (Å²) < 4.78 is 6.13. The third-order valence-corrected chi connectivity index (χ3v) is 6.50. The van der Waals surface area contributed by atoms with Gasteiger partial charge in [0.25, 0.3) is 17.3 Å². The normalized spacial score (nSPS) is 14.3. The fourth-order valence-electron chi connectivity index (χ4n) is 3.45. The van der Waals surface area contributed by atoms with Gasteiger partial charge in [0.15, 0.2) is 5.13 Å². The number of fused-ring (bicyclic) bond motifs is 1. The Morgan fingerprint density at radius 2 is 1.82 bits per heavy atom. The van der Waals surface area contributed by atoms with Crippen LogP contribution in [-0.2, 0) is 4.74 Å². The third-order valence-electron chi connectivity index (χ3n) is 5.15. The van der Waals surface area contributed by atoms with Crippen LogP contribution in [-0.4, -0.2) is 65.0 Å². The van der Waals surface area contributed by atoms with Crippen molar-refractivity contribution in [2.45, 2.75) is 0 Å². The first kappa shape index (κ1) is 23.0. The van der Waals surface area contributed by atoms with E-state index in [9.17, 15) is 25.0 Å². The van der Waals surface area contributed by atoms with Crippen LogP contribution < -0.4 is 4.90 Å². The van der Waals surface area contributed by atoms with Crippen LogP contribution in [0.1, 0.15) is 10.4 Å². The van der Waals surface area contributed by atoms with E-state index in [4.69, 9.17) is 16.3 Å². The van der Waals surface area contributed by atoms with E-state index in [0.717, 1.165) is 22.9 Å². The molecule has 0 bridgehead atoms. The van der Waals surface area contributed by atoms with Crippen molar-refractivity contribution in [2.24, 2.45) is 0 Å². The van der Waals surface area contributed by atoms with Crippen molar-refractivity contribution in [3.63, 3.8) is 0 Å². The van der Waals surface area contributed by atoms with Gasteiger partial charge < -0.3 is 4.74 Å². The average molecular weight is 492 g/mol. The molecule has 0 unspecified atom stereocenters. The van der Waals surface area contributed by atoms with Gasteiger partial charge in [0.2, 0.25) is 0 Å². The standard InChI is InChI=1S/C20H18ClN5O6S/c21-16-2-1-3-17-18(16)22-20(33-17)24(5-4-23-6-8-32-9-7-23)19(27)13-10-14(25(28)29)12-15(11-13)26(30)31/h1-3,10-12H,4-9H2. The van der Waals surface area contributed by atoms with E-state index in [1.165, 1.54) is 16.2 Å². The van der Waals surface area contributed by atoms with Crippen LogP contribution in [0.5, 0.6) is 0 Å². The summed E-state index contributed by atoms with van der Waals surface area (Å²) in [6.45, 7) is 3.32. The maximum atomic E-state index is 13.5. The fourth-order valence-corrected chi connectivity index (χ4v) is 4.74. The summed E-state index contributed by atoms with van der Waals surface area (Å²) in [5.74, 6) is -0.620. The van der Waals surface area contributed by atoms with Crippen molar-refractivity contribution in [1.82, 2.24) is 9.88 Å². The van der Waals surface area contributed by atoms with E-state index in [1.807, 2.05) is 6.07 Å². The molecule has 33 heavy (non-hydrogen) atoms. The van der Waals surface area contributed by atoms with E-state index in [0.29, 0.717) is 48.5 Å².